The fourth-order valence-corrected chi connectivity index (χ4v) is 1.67. The normalized spacial score (nSPS) is 11.5. The van der Waals surface area contributed by atoms with Crippen LogP contribution in [0, 0.1) is 0 Å². The Morgan fingerprint density at radius 2 is 1.86 bits per heavy atom. The molecule has 0 amide bonds. The quantitative estimate of drug-likeness (QED) is 0.358. The predicted octanol–water partition coefficient (Wildman–Crippen LogP) is 2.46. The van der Waals surface area contributed by atoms with E-state index in [1.807, 2.05) is 6.92 Å². The van der Waals surface area contributed by atoms with E-state index in [-0.39, 0.29) is 18.1 Å². The standard InChI is InChI=1S/C15H24O6/c1-4-6-7-8-12(5-2)21-14(18)9-11(3)15(19)20-10-13(16)17/h12H,3-10H2,1-2H3,(H,16,17)/t12-/m0/s1. The van der Waals surface area contributed by atoms with E-state index in [2.05, 4.69) is 18.2 Å². The maximum atomic E-state index is 11.7. The average molecular weight is 300 g/mol. The molecule has 1 N–H and O–H groups in total. The lowest BCUT2D eigenvalue weighted by Crippen LogP contribution is -2.20. The van der Waals surface area contributed by atoms with Gasteiger partial charge < -0.3 is 14.6 Å². The van der Waals surface area contributed by atoms with E-state index in [9.17, 15) is 14.4 Å². The molecule has 0 aromatic carbocycles. The Morgan fingerprint density at radius 1 is 1.19 bits per heavy atom. The van der Waals surface area contributed by atoms with Crippen molar-refractivity contribution in [3.8, 4) is 0 Å². The van der Waals surface area contributed by atoms with Crippen LogP contribution in [-0.2, 0) is 23.9 Å². The number of aliphatic carboxylic acids is 1. The van der Waals surface area contributed by atoms with E-state index in [0.717, 1.165) is 25.7 Å². The minimum Gasteiger partial charge on any atom is -0.479 e. The number of unbranched alkanes of at least 4 members (excludes halogenated alkanes) is 2. The van der Waals surface area contributed by atoms with Gasteiger partial charge in [-0.2, -0.15) is 0 Å². The van der Waals surface area contributed by atoms with Crippen LogP contribution in [0.15, 0.2) is 12.2 Å². The number of ether oxygens (including phenoxy) is 2. The summed E-state index contributed by atoms with van der Waals surface area (Å²) in [5.74, 6) is -2.70. The Balaban J connectivity index is 4.12. The minimum absolute atomic E-state index is 0.107. The molecular formula is C15H24O6. The summed E-state index contributed by atoms with van der Waals surface area (Å²) in [5, 5.41) is 8.38. The summed E-state index contributed by atoms with van der Waals surface area (Å²) in [7, 11) is 0. The van der Waals surface area contributed by atoms with E-state index in [1.54, 1.807) is 0 Å². The SMILES string of the molecule is C=C(CC(=O)O[C@@H](CC)CCCCC)C(=O)OCC(=O)O. The smallest absolute Gasteiger partial charge is 0.341 e. The topological polar surface area (TPSA) is 89.9 Å². The molecular weight excluding hydrogens is 276 g/mol. The van der Waals surface area contributed by atoms with E-state index >= 15 is 0 Å². The van der Waals surface area contributed by atoms with Gasteiger partial charge in [-0.05, 0) is 19.3 Å². The zero-order valence-corrected chi connectivity index (χ0v) is 12.7. The molecule has 0 spiro atoms. The summed E-state index contributed by atoms with van der Waals surface area (Å²) in [4.78, 5) is 33.3. The zero-order chi connectivity index (χ0) is 16.3. The highest BCUT2D eigenvalue weighted by Gasteiger charge is 2.18. The van der Waals surface area contributed by atoms with Gasteiger partial charge >= 0.3 is 17.9 Å². The zero-order valence-electron chi connectivity index (χ0n) is 12.7. The van der Waals surface area contributed by atoms with Crippen LogP contribution in [0.25, 0.3) is 0 Å². The summed E-state index contributed by atoms with van der Waals surface area (Å²) in [5.41, 5.74) is -0.107. The van der Waals surface area contributed by atoms with E-state index in [4.69, 9.17) is 9.84 Å². The highest BCUT2D eigenvalue weighted by Crippen LogP contribution is 2.12. The van der Waals surface area contributed by atoms with E-state index in [1.165, 1.54) is 0 Å². The van der Waals surface area contributed by atoms with Gasteiger partial charge in [0, 0.05) is 5.57 Å². The van der Waals surface area contributed by atoms with E-state index in [0.29, 0.717) is 6.42 Å². The number of hydrogen-bond acceptors (Lipinski definition) is 5. The third-order valence-electron chi connectivity index (χ3n) is 2.86. The maximum absolute atomic E-state index is 11.7. The second-order valence-electron chi connectivity index (χ2n) is 4.77. The molecule has 0 radical (unpaired) electrons. The van der Waals surface area contributed by atoms with Gasteiger partial charge in [0.15, 0.2) is 6.61 Å². The molecule has 120 valence electrons. The summed E-state index contributed by atoms with van der Waals surface area (Å²) >= 11 is 0. The maximum Gasteiger partial charge on any atom is 0.341 e. The molecule has 0 aromatic rings. The summed E-state index contributed by atoms with van der Waals surface area (Å²) < 4.78 is 9.70. The van der Waals surface area contributed by atoms with Crippen molar-refractivity contribution in [1.29, 1.82) is 0 Å². The first-order chi connectivity index (χ1) is 9.90. The molecule has 1 atom stereocenters. The number of esters is 2. The molecule has 0 saturated heterocycles. The first-order valence-electron chi connectivity index (χ1n) is 7.16. The van der Waals surface area contributed by atoms with Gasteiger partial charge in [0.05, 0.1) is 6.42 Å². The molecule has 6 heteroatoms. The lowest BCUT2D eigenvalue weighted by atomic mass is 10.1. The molecule has 0 aliphatic heterocycles. The van der Waals surface area contributed by atoms with Gasteiger partial charge in [0.1, 0.15) is 6.10 Å². The highest BCUT2D eigenvalue weighted by atomic mass is 16.6. The van der Waals surface area contributed by atoms with Crippen molar-refractivity contribution >= 4 is 17.9 Å². The first kappa shape index (κ1) is 19.1. The van der Waals surface area contributed by atoms with E-state index < -0.39 is 24.5 Å². The summed E-state index contributed by atoms with van der Waals surface area (Å²) in [6.07, 6.45) is 4.23. The molecule has 0 aromatic heterocycles. The number of carbonyl (C=O) groups is 3. The predicted molar refractivity (Wildman–Crippen MR) is 76.7 cm³/mol. The monoisotopic (exact) mass is 300 g/mol. The van der Waals surface area contributed by atoms with Gasteiger partial charge in [-0.3, -0.25) is 4.79 Å². The van der Waals surface area contributed by atoms with Crippen LogP contribution in [-0.4, -0.2) is 35.7 Å². The second kappa shape index (κ2) is 10.9. The largest absolute Gasteiger partial charge is 0.479 e. The molecule has 0 fully saturated rings. The number of carboxylic acid groups (broad SMARTS) is 1. The van der Waals surface area contributed by atoms with Crippen molar-refractivity contribution in [3.05, 3.63) is 12.2 Å². The molecule has 0 aliphatic rings. The Hall–Kier alpha value is -1.85. The van der Waals surface area contributed by atoms with Crippen molar-refractivity contribution in [2.45, 2.75) is 58.5 Å². The Labute approximate surface area is 125 Å². The van der Waals surface area contributed by atoms with Gasteiger partial charge in [-0.1, -0.05) is 33.3 Å². The average Bonchev–Trinajstić information content (AvgIpc) is 2.43. The molecule has 6 nitrogen and oxygen atoms in total. The van der Waals surface area contributed by atoms with Crippen molar-refractivity contribution in [2.75, 3.05) is 6.61 Å². The fourth-order valence-electron chi connectivity index (χ4n) is 1.67. The van der Waals surface area contributed by atoms with Crippen LogP contribution < -0.4 is 0 Å². The van der Waals surface area contributed by atoms with Gasteiger partial charge in [0.25, 0.3) is 0 Å². The van der Waals surface area contributed by atoms with Crippen LogP contribution in [0.1, 0.15) is 52.4 Å². The Morgan fingerprint density at radius 3 is 2.38 bits per heavy atom. The molecule has 0 unspecified atom stereocenters. The highest BCUT2D eigenvalue weighted by molar-refractivity contribution is 5.94. The third-order valence-corrected chi connectivity index (χ3v) is 2.86. The second-order valence-corrected chi connectivity index (χ2v) is 4.77. The van der Waals surface area contributed by atoms with Crippen LogP contribution in [0.2, 0.25) is 0 Å². The molecule has 0 rings (SSSR count). The van der Waals surface area contributed by atoms with Crippen molar-refractivity contribution in [2.24, 2.45) is 0 Å². The van der Waals surface area contributed by atoms with Crippen molar-refractivity contribution in [3.63, 3.8) is 0 Å². The van der Waals surface area contributed by atoms with Gasteiger partial charge in [-0.25, -0.2) is 9.59 Å². The lowest BCUT2D eigenvalue weighted by molar-refractivity contribution is -0.154. The summed E-state index contributed by atoms with van der Waals surface area (Å²) in [6.45, 7) is 6.69. The molecule has 0 aliphatic carbocycles. The Bertz CT molecular complexity index is 374. The van der Waals surface area contributed by atoms with Crippen LogP contribution in [0.3, 0.4) is 0 Å². The van der Waals surface area contributed by atoms with Crippen LogP contribution in [0.4, 0.5) is 0 Å². The minimum atomic E-state index is -1.26. The molecule has 0 saturated carbocycles. The number of hydrogen-bond donors (Lipinski definition) is 1. The van der Waals surface area contributed by atoms with Gasteiger partial charge in [-0.15, -0.1) is 0 Å². The molecule has 0 bridgehead atoms. The van der Waals surface area contributed by atoms with Gasteiger partial charge in [0.2, 0.25) is 0 Å². The summed E-state index contributed by atoms with van der Waals surface area (Å²) in [6, 6.07) is 0. The molecule has 21 heavy (non-hydrogen) atoms. The van der Waals surface area contributed by atoms with Crippen molar-refractivity contribution < 1.29 is 29.0 Å². The number of rotatable bonds is 11. The molecule has 0 heterocycles. The van der Waals surface area contributed by atoms with Crippen LogP contribution >= 0.6 is 0 Å². The van der Waals surface area contributed by atoms with Crippen LogP contribution in [0.5, 0.6) is 0 Å². The number of carboxylic acids is 1. The Kier molecular flexibility index (Phi) is 9.92. The number of carbonyl (C=O) groups excluding carboxylic acids is 2. The fraction of sp³-hybridized carbons (Fsp3) is 0.667. The third kappa shape index (κ3) is 9.65. The van der Waals surface area contributed by atoms with Crippen molar-refractivity contribution in [1.82, 2.24) is 0 Å². The first-order valence-corrected chi connectivity index (χ1v) is 7.16. The lowest BCUT2D eigenvalue weighted by Gasteiger charge is -2.16.